The molecule has 0 saturated carbocycles. The Morgan fingerprint density at radius 3 is 1.41 bits per heavy atom. The number of hydrogen-bond acceptors (Lipinski definition) is 15. The van der Waals surface area contributed by atoms with Crippen LogP contribution in [0.15, 0.2) is 171 Å². The van der Waals surface area contributed by atoms with Crippen molar-refractivity contribution in [3.05, 3.63) is 177 Å². The third-order valence-corrected chi connectivity index (χ3v) is 14.1. The molecule has 0 amide bonds. The van der Waals surface area contributed by atoms with Crippen molar-refractivity contribution in [3.8, 4) is 56.0 Å². The van der Waals surface area contributed by atoms with Crippen LogP contribution in [0.25, 0.3) is 56.0 Å². The van der Waals surface area contributed by atoms with Crippen LogP contribution in [0.2, 0.25) is 0 Å². The van der Waals surface area contributed by atoms with E-state index in [4.69, 9.17) is 28.7 Å². The summed E-state index contributed by atoms with van der Waals surface area (Å²) in [7, 11) is 3.41. The molecule has 9 aromatic heterocycles. The van der Waals surface area contributed by atoms with Crippen molar-refractivity contribution in [3.63, 3.8) is 0 Å². The second kappa shape index (κ2) is 24.2. The topological polar surface area (TPSA) is 281 Å². The summed E-state index contributed by atoms with van der Waals surface area (Å²) in [6, 6.07) is 22.9. The quantitative estimate of drug-likeness (QED) is 0.0963. The second-order valence-electron chi connectivity index (χ2n) is 16.9. The number of benzene rings is 1. The highest BCUT2D eigenvalue weighted by Gasteiger charge is 2.24. The zero-order valence-corrected chi connectivity index (χ0v) is 42.8. The fourth-order valence-corrected chi connectivity index (χ4v) is 9.25. The van der Waals surface area contributed by atoms with E-state index in [1.54, 1.807) is 83.7 Å². The number of nitrogen functional groups attached to an aromatic ring is 5. The van der Waals surface area contributed by atoms with Crippen molar-refractivity contribution in [2.45, 2.75) is 25.2 Å². The van der Waals surface area contributed by atoms with Gasteiger partial charge in [-0.3, -0.25) is 39.3 Å². The molecule has 10 N–H and O–H groups in total. The summed E-state index contributed by atoms with van der Waals surface area (Å²) in [5, 5.41) is 8.33. The maximum absolute atomic E-state index is 12.7. The van der Waals surface area contributed by atoms with E-state index in [9.17, 15) is 4.21 Å². The summed E-state index contributed by atoms with van der Waals surface area (Å²) >= 11 is 0. The van der Waals surface area contributed by atoms with Gasteiger partial charge in [-0.15, -0.1) is 0 Å². The first kappa shape index (κ1) is 52.6. The zero-order valence-electron chi connectivity index (χ0n) is 41.9. The van der Waals surface area contributed by atoms with E-state index in [2.05, 4.69) is 51.0 Å². The van der Waals surface area contributed by atoms with Gasteiger partial charge in [0, 0.05) is 123 Å². The molecule has 1 saturated heterocycles. The van der Waals surface area contributed by atoms with Crippen LogP contribution in [-0.2, 0) is 30.9 Å². The van der Waals surface area contributed by atoms with Crippen molar-refractivity contribution < 1.29 is 4.21 Å². The van der Waals surface area contributed by atoms with E-state index in [0.717, 1.165) is 91.8 Å². The van der Waals surface area contributed by atoms with Crippen LogP contribution in [0.1, 0.15) is 17.8 Å². The van der Waals surface area contributed by atoms with Gasteiger partial charge < -0.3 is 33.2 Å². The number of nitrogens with zero attached hydrogens (tertiary/aromatic N) is 13. The normalized spacial score (nSPS) is 12.4. The summed E-state index contributed by atoms with van der Waals surface area (Å²) < 4.78 is 20.1. The van der Waals surface area contributed by atoms with Crippen LogP contribution in [0.3, 0.4) is 0 Å². The van der Waals surface area contributed by atoms with Crippen molar-refractivity contribution in [2.75, 3.05) is 41.8 Å². The van der Waals surface area contributed by atoms with Crippen LogP contribution in [0, 0.1) is 13.8 Å². The fraction of sp³-hybridized carbons (Fsp3) is 0.148. The molecule has 11 rings (SSSR count). The minimum atomic E-state index is -2.32. The molecule has 0 bridgehead atoms. The maximum atomic E-state index is 12.7. The molecule has 10 aromatic rings. The number of aryl methyl sites for hydroxylation is 4. The molecule has 1 fully saturated rings. The Morgan fingerprint density at radius 2 is 0.986 bits per heavy atom. The highest BCUT2D eigenvalue weighted by atomic mass is 32.2. The molecule has 20 heteroatoms. The van der Waals surface area contributed by atoms with Gasteiger partial charge >= 0.3 is 0 Å². The molecule has 378 valence electrons. The molecule has 0 spiro atoms. The van der Waals surface area contributed by atoms with Gasteiger partial charge in [0.1, 0.15) is 5.82 Å². The predicted molar refractivity (Wildman–Crippen MR) is 298 cm³/mol. The molecule has 1 aliphatic rings. The van der Waals surface area contributed by atoms with Crippen LogP contribution >= 0.6 is 0 Å². The maximum Gasteiger partial charge on any atom is 0.105 e. The van der Waals surface area contributed by atoms with Gasteiger partial charge in [0.2, 0.25) is 0 Å². The van der Waals surface area contributed by atoms with Crippen molar-refractivity contribution in [2.24, 2.45) is 21.1 Å². The Hall–Kier alpha value is -9.27. The molecule has 1 aliphatic heterocycles. The molecule has 10 heterocycles. The predicted octanol–water partition coefficient (Wildman–Crippen LogP) is 7.56. The summed E-state index contributed by atoms with van der Waals surface area (Å²) in [5.41, 5.74) is 43.4. The Morgan fingerprint density at radius 1 is 0.514 bits per heavy atom. The molecule has 0 aliphatic carbocycles. The largest absolute Gasteiger partial charge is 0.397 e. The molecular formula is C54H60N18OS. The van der Waals surface area contributed by atoms with Crippen LogP contribution in [-0.4, -0.2) is 86.5 Å². The van der Waals surface area contributed by atoms with Gasteiger partial charge in [0.05, 0.1) is 92.4 Å². The van der Waals surface area contributed by atoms with Gasteiger partial charge in [0.15, 0.2) is 0 Å². The third-order valence-electron chi connectivity index (χ3n) is 11.9. The minimum Gasteiger partial charge on any atom is -0.397 e. The average Bonchev–Trinajstić information content (AvgIpc) is 4.11. The molecule has 1 atom stereocenters. The highest BCUT2D eigenvalue weighted by Crippen LogP contribution is 2.30. The van der Waals surface area contributed by atoms with E-state index >= 15 is 0 Å². The van der Waals surface area contributed by atoms with Crippen LogP contribution in [0.5, 0.6) is 0 Å². The third kappa shape index (κ3) is 12.8. The van der Waals surface area contributed by atoms with E-state index < -0.39 is 9.71 Å². The number of nitrogens with two attached hydrogens (primary N) is 5. The van der Waals surface area contributed by atoms with Gasteiger partial charge in [-0.2, -0.15) is 10.2 Å². The molecule has 74 heavy (non-hydrogen) atoms. The molecule has 1 unspecified atom stereocenters. The first-order chi connectivity index (χ1) is 35.6. The average molecular weight is 1010 g/mol. The van der Waals surface area contributed by atoms with Crippen molar-refractivity contribution >= 4 is 44.0 Å². The van der Waals surface area contributed by atoms with E-state index in [1.165, 1.54) is 0 Å². The zero-order chi connectivity index (χ0) is 52.8. The Labute approximate surface area is 431 Å². The molecule has 1 aromatic carbocycles. The summed E-state index contributed by atoms with van der Waals surface area (Å²) in [6.45, 7) is 5.70. The lowest BCUT2D eigenvalue weighted by atomic mass is 10.0. The monoisotopic (exact) mass is 1010 g/mol. The second-order valence-corrected chi connectivity index (χ2v) is 19.2. The number of imidazole rings is 1. The van der Waals surface area contributed by atoms with Crippen molar-refractivity contribution in [1.82, 2.24) is 63.3 Å². The summed E-state index contributed by atoms with van der Waals surface area (Å²) in [5.74, 6) is 4.87. The highest BCUT2D eigenvalue weighted by molar-refractivity contribution is 7.98. The first-order valence-corrected chi connectivity index (χ1v) is 24.9. The number of rotatable bonds is 7. The first-order valence-electron chi connectivity index (χ1n) is 23.2. The van der Waals surface area contributed by atoms with Crippen molar-refractivity contribution in [1.29, 1.82) is 0 Å². The molecule has 0 radical (unpaired) electrons. The summed E-state index contributed by atoms with van der Waals surface area (Å²) in [6.07, 6.45) is 27.0. The van der Waals surface area contributed by atoms with Crippen LogP contribution < -0.4 is 28.7 Å². The van der Waals surface area contributed by atoms with Crippen LogP contribution in [0.4, 0.5) is 28.4 Å². The van der Waals surface area contributed by atoms with Gasteiger partial charge in [-0.05, 0) is 103 Å². The Kier molecular flexibility index (Phi) is 17.2. The fourth-order valence-electron chi connectivity index (χ4n) is 7.54. The Balaban J connectivity index is 0.000000137. The summed E-state index contributed by atoms with van der Waals surface area (Å²) in [4.78, 5) is 28.8. The van der Waals surface area contributed by atoms with E-state index in [-0.39, 0.29) is 0 Å². The number of pyridine rings is 6. The lowest BCUT2D eigenvalue weighted by Crippen LogP contribution is -2.41. The lowest BCUT2D eigenvalue weighted by molar-refractivity contribution is 0.326. The van der Waals surface area contributed by atoms with Gasteiger partial charge in [0.25, 0.3) is 0 Å². The van der Waals surface area contributed by atoms with E-state index in [0.29, 0.717) is 28.4 Å². The number of hydrogen-bond donors (Lipinski definition) is 5. The van der Waals surface area contributed by atoms with E-state index in [1.807, 2.05) is 135 Å². The number of anilines is 5. The lowest BCUT2D eigenvalue weighted by Gasteiger charge is -2.33. The molecule has 19 nitrogen and oxygen atoms in total. The smallest absolute Gasteiger partial charge is 0.105 e. The molecular weight excluding hydrogens is 949 g/mol. The Bertz CT molecular complexity index is 3500. The van der Waals surface area contributed by atoms with Gasteiger partial charge in [-0.1, -0.05) is 12.1 Å². The van der Waals surface area contributed by atoms with Gasteiger partial charge in [-0.25, -0.2) is 13.5 Å². The SMILES string of the molecule is C=S(=O)(c1ccc(-c2ccncc2N)cc1)N1CCC1.Cc1cnccc1-c1ccncc1N.Cc1ncc(-c2ccncc2N)n1C.Cn1ccc(-c2ccncc2N)n1.Cn1nccc1-c1ccncc1N. The standard InChI is InChI=1S/C15H17N3OS.C11H11N3.C10H12N4.2C9H10N4/c1-20(19,18-9-2-10-18)13-5-3-12(4-6-13)14-7-8-17-11-15(14)16;1-8-6-13-4-2-9(8)10-3-5-14-7-11(10)12;1-7-13-6-10(14(7)2)8-3-4-12-5-9(8)11;1-13-5-3-9(12-13)7-2-4-11-6-8(7)10;1-13-9(3-5-12-13)7-2-4-11-6-8(7)10/h3-8,11H,1-2,9-10,16H2;2-7H,12H2,1H3;3-6H,11H2,1-2H3;2*2-6H,10H2,1H3. The minimum absolute atomic E-state index is 0.637. The number of aromatic nitrogens is 12.